The lowest BCUT2D eigenvalue weighted by molar-refractivity contribution is -0.149. The van der Waals surface area contributed by atoms with Crippen LogP contribution in [0.4, 0.5) is 0 Å². The van der Waals surface area contributed by atoms with Crippen molar-refractivity contribution in [2.24, 2.45) is 5.92 Å². The second-order valence-electron chi connectivity index (χ2n) is 6.39. The predicted octanol–water partition coefficient (Wildman–Crippen LogP) is 2.05. The maximum Gasteiger partial charge on any atom is 0.338 e. The van der Waals surface area contributed by atoms with Crippen LogP contribution in [0.1, 0.15) is 23.2 Å². The lowest BCUT2D eigenvalue weighted by atomic mass is 9.97. The summed E-state index contributed by atoms with van der Waals surface area (Å²) in [5, 5.41) is 0. The minimum Gasteiger partial charge on any atom is -0.469 e. The second kappa shape index (κ2) is 8.53. The highest BCUT2D eigenvalue weighted by Crippen LogP contribution is 2.18. The molecule has 1 aliphatic rings. The molecule has 0 radical (unpaired) electrons. The zero-order chi connectivity index (χ0) is 19.2. The molecule has 0 spiro atoms. The van der Waals surface area contributed by atoms with Crippen LogP contribution in [0.2, 0.25) is 0 Å². The van der Waals surface area contributed by atoms with Crippen molar-refractivity contribution in [2.45, 2.75) is 12.8 Å². The molecule has 0 N–H and O–H groups in total. The van der Waals surface area contributed by atoms with Crippen molar-refractivity contribution < 1.29 is 23.9 Å². The Kier molecular flexibility index (Phi) is 5.90. The molecular formula is C20H22N2O5. The van der Waals surface area contributed by atoms with Gasteiger partial charge >= 0.3 is 11.9 Å². The van der Waals surface area contributed by atoms with Crippen molar-refractivity contribution in [3.63, 3.8) is 0 Å². The van der Waals surface area contributed by atoms with Gasteiger partial charge < -0.3 is 18.9 Å². The van der Waals surface area contributed by atoms with Crippen LogP contribution in [0.5, 0.6) is 0 Å². The number of likely N-dealkylation sites (tertiary alicyclic amines) is 1. The molecule has 3 rings (SSSR count). The van der Waals surface area contributed by atoms with E-state index in [1.165, 1.54) is 7.11 Å². The first-order valence-corrected chi connectivity index (χ1v) is 8.84. The molecule has 0 unspecified atom stereocenters. The lowest BCUT2D eigenvalue weighted by Gasteiger charge is -2.30. The third-order valence-electron chi connectivity index (χ3n) is 4.69. The quantitative estimate of drug-likeness (QED) is 0.753. The summed E-state index contributed by atoms with van der Waals surface area (Å²) in [4.78, 5) is 37.7. The molecule has 2 aromatic rings. The largest absolute Gasteiger partial charge is 0.469 e. The van der Waals surface area contributed by atoms with Gasteiger partial charge in [0, 0.05) is 31.2 Å². The summed E-state index contributed by atoms with van der Waals surface area (Å²) in [5.74, 6) is -1.20. The Hall–Kier alpha value is -3.09. The van der Waals surface area contributed by atoms with Gasteiger partial charge in [-0.3, -0.25) is 9.59 Å². The Morgan fingerprint density at radius 2 is 1.78 bits per heavy atom. The minimum absolute atomic E-state index is 0.168. The van der Waals surface area contributed by atoms with Crippen molar-refractivity contribution in [2.75, 3.05) is 26.8 Å². The van der Waals surface area contributed by atoms with Crippen LogP contribution in [0.25, 0.3) is 5.69 Å². The summed E-state index contributed by atoms with van der Waals surface area (Å²) in [6, 6.07) is 10.8. The molecule has 0 bridgehead atoms. The van der Waals surface area contributed by atoms with Gasteiger partial charge in [-0.2, -0.15) is 0 Å². The number of carbonyl (C=O) groups is 3. The number of methoxy groups -OCH3 is 1. The van der Waals surface area contributed by atoms with Crippen molar-refractivity contribution in [3.8, 4) is 5.69 Å². The zero-order valence-corrected chi connectivity index (χ0v) is 15.2. The Balaban J connectivity index is 1.51. The molecule has 1 amide bonds. The molecule has 27 heavy (non-hydrogen) atoms. The van der Waals surface area contributed by atoms with Crippen molar-refractivity contribution in [3.05, 3.63) is 54.4 Å². The van der Waals surface area contributed by atoms with Crippen LogP contribution < -0.4 is 0 Å². The van der Waals surface area contributed by atoms with Crippen molar-refractivity contribution >= 4 is 17.8 Å². The molecule has 7 heteroatoms. The molecule has 142 valence electrons. The topological polar surface area (TPSA) is 77.8 Å². The van der Waals surface area contributed by atoms with E-state index < -0.39 is 5.97 Å². The first-order valence-electron chi connectivity index (χ1n) is 8.84. The fourth-order valence-corrected chi connectivity index (χ4v) is 3.13. The number of hydrogen-bond donors (Lipinski definition) is 0. The number of esters is 2. The molecule has 1 fully saturated rings. The van der Waals surface area contributed by atoms with Crippen molar-refractivity contribution in [1.29, 1.82) is 0 Å². The number of amides is 1. The van der Waals surface area contributed by atoms with E-state index in [0.29, 0.717) is 31.5 Å². The first kappa shape index (κ1) is 18.7. The van der Waals surface area contributed by atoms with Gasteiger partial charge in [0.2, 0.25) is 0 Å². The molecule has 0 saturated carbocycles. The molecular weight excluding hydrogens is 348 g/mol. The van der Waals surface area contributed by atoms with Gasteiger partial charge in [-0.05, 0) is 43.2 Å². The molecule has 1 aromatic carbocycles. The smallest absolute Gasteiger partial charge is 0.338 e. The lowest BCUT2D eigenvalue weighted by Crippen LogP contribution is -2.42. The molecule has 1 aliphatic heterocycles. The number of aromatic nitrogens is 1. The molecule has 0 aliphatic carbocycles. The average molecular weight is 370 g/mol. The first-order chi connectivity index (χ1) is 13.1. The van der Waals surface area contributed by atoms with Gasteiger partial charge in [0.05, 0.1) is 18.6 Å². The van der Waals surface area contributed by atoms with Crippen LogP contribution in [-0.4, -0.2) is 54.1 Å². The van der Waals surface area contributed by atoms with Gasteiger partial charge in [0.25, 0.3) is 5.91 Å². The number of nitrogens with zero attached hydrogens (tertiary/aromatic N) is 2. The third-order valence-corrected chi connectivity index (χ3v) is 4.69. The van der Waals surface area contributed by atoms with Crippen LogP contribution in [0.15, 0.2) is 48.8 Å². The molecule has 1 aromatic heterocycles. The van der Waals surface area contributed by atoms with Gasteiger partial charge in [0.15, 0.2) is 6.61 Å². The standard InChI is InChI=1S/C20H22N2O5/c1-26-19(24)15-7-11-22(12-8-15)18(23)14-27-20(25)16-5-4-6-17(13-16)21-9-2-3-10-21/h2-6,9-10,13,15H,7-8,11-12,14H2,1H3. The van der Waals surface area contributed by atoms with E-state index in [4.69, 9.17) is 9.47 Å². The highest BCUT2D eigenvalue weighted by Gasteiger charge is 2.28. The summed E-state index contributed by atoms with van der Waals surface area (Å²) < 4.78 is 11.8. The summed E-state index contributed by atoms with van der Waals surface area (Å²) in [7, 11) is 1.37. The van der Waals surface area contributed by atoms with Gasteiger partial charge in [-0.1, -0.05) is 6.07 Å². The fraction of sp³-hybridized carbons (Fsp3) is 0.350. The predicted molar refractivity (Wildman–Crippen MR) is 97.4 cm³/mol. The normalized spacial score (nSPS) is 14.6. The minimum atomic E-state index is -0.540. The van der Waals surface area contributed by atoms with Gasteiger partial charge in [-0.15, -0.1) is 0 Å². The van der Waals surface area contributed by atoms with Crippen LogP contribution in [0, 0.1) is 5.92 Å². The number of piperidine rings is 1. The van der Waals surface area contributed by atoms with E-state index in [1.54, 1.807) is 23.1 Å². The number of ether oxygens (including phenoxy) is 2. The van der Waals surface area contributed by atoms with E-state index >= 15 is 0 Å². The third kappa shape index (κ3) is 4.55. The maximum atomic E-state index is 12.3. The van der Waals surface area contributed by atoms with E-state index in [2.05, 4.69) is 0 Å². The van der Waals surface area contributed by atoms with E-state index in [1.807, 2.05) is 35.2 Å². The van der Waals surface area contributed by atoms with Gasteiger partial charge in [0.1, 0.15) is 0 Å². The summed E-state index contributed by atoms with van der Waals surface area (Å²) in [6.07, 6.45) is 4.88. The Morgan fingerprint density at radius 3 is 2.44 bits per heavy atom. The summed E-state index contributed by atoms with van der Waals surface area (Å²) in [5.41, 5.74) is 1.23. The SMILES string of the molecule is COC(=O)C1CCN(C(=O)COC(=O)c2cccc(-n3cccc3)c2)CC1. The fourth-order valence-electron chi connectivity index (χ4n) is 3.13. The van der Waals surface area contributed by atoms with Crippen molar-refractivity contribution in [1.82, 2.24) is 9.47 Å². The number of hydrogen-bond acceptors (Lipinski definition) is 5. The molecule has 2 heterocycles. The molecule has 1 saturated heterocycles. The number of carbonyl (C=O) groups excluding carboxylic acids is 3. The van der Waals surface area contributed by atoms with Crippen LogP contribution in [-0.2, 0) is 19.1 Å². The summed E-state index contributed by atoms with van der Waals surface area (Å²) >= 11 is 0. The van der Waals surface area contributed by atoms with E-state index in [0.717, 1.165) is 5.69 Å². The molecule has 7 nitrogen and oxygen atoms in total. The van der Waals surface area contributed by atoms with E-state index in [-0.39, 0.29) is 24.4 Å². The van der Waals surface area contributed by atoms with Crippen LogP contribution in [0.3, 0.4) is 0 Å². The Labute approximate surface area is 157 Å². The number of benzene rings is 1. The highest BCUT2D eigenvalue weighted by molar-refractivity contribution is 5.92. The average Bonchev–Trinajstić information content (AvgIpc) is 3.26. The Bertz CT molecular complexity index is 808. The summed E-state index contributed by atoms with van der Waals surface area (Å²) in [6.45, 7) is 0.605. The maximum absolute atomic E-state index is 12.3. The molecule has 0 atom stereocenters. The zero-order valence-electron chi connectivity index (χ0n) is 15.2. The highest BCUT2D eigenvalue weighted by atomic mass is 16.5. The number of rotatable bonds is 5. The second-order valence-corrected chi connectivity index (χ2v) is 6.39. The monoisotopic (exact) mass is 370 g/mol. The van der Waals surface area contributed by atoms with Crippen LogP contribution >= 0.6 is 0 Å². The van der Waals surface area contributed by atoms with Gasteiger partial charge in [-0.25, -0.2) is 4.79 Å². The van der Waals surface area contributed by atoms with E-state index in [9.17, 15) is 14.4 Å². The Morgan fingerprint density at radius 1 is 1.07 bits per heavy atom.